The maximum Gasteiger partial charge on any atom is 0.248 e. The van der Waals surface area contributed by atoms with Crippen molar-refractivity contribution in [3.8, 4) is 11.4 Å². The molecule has 0 aliphatic rings. The molecule has 0 saturated carbocycles. The van der Waals surface area contributed by atoms with Crippen molar-refractivity contribution < 1.29 is 18.0 Å². The first-order valence-electron chi connectivity index (χ1n) is 6.91. The largest absolute Gasteiger partial charge is 0.322 e. The molecule has 0 bridgehead atoms. The lowest BCUT2D eigenvalue weighted by atomic mass is 10.2. The van der Waals surface area contributed by atoms with Gasteiger partial charge in [-0.25, -0.2) is 13.2 Å². The highest BCUT2D eigenvalue weighted by molar-refractivity contribution is 6.30. The van der Waals surface area contributed by atoms with Crippen molar-refractivity contribution in [1.29, 1.82) is 0 Å². The second kappa shape index (κ2) is 6.89. The van der Waals surface area contributed by atoms with Crippen molar-refractivity contribution >= 4 is 23.2 Å². The summed E-state index contributed by atoms with van der Waals surface area (Å²) in [6.45, 7) is -0.397. The minimum absolute atomic E-state index is 0.245. The summed E-state index contributed by atoms with van der Waals surface area (Å²) < 4.78 is 39.5. The molecule has 3 aromatic rings. The Morgan fingerprint density at radius 2 is 1.96 bits per heavy atom. The topological polar surface area (TPSA) is 72.7 Å². The molecular formula is C15H9ClF3N5O. The molecule has 0 fully saturated rings. The Morgan fingerprint density at radius 1 is 1.16 bits per heavy atom. The van der Waals surface area contributed by atoms with Gasteiger partial charge in [0.15, 0.2) is 17.5 Å². The van der Waals surface area contributed by atoms with Gasteiger partial charge in [0.1, 0.15) is 6.54 Å². The molecule has 128 valence electrons. The van der Waals surface area contributed by atoms with Crippen LogP contribution < -0.4 is 5.32 Å². The molecule has 0 aliphatic heterocycles. The Labute approximate surface area is 144 Å². The van der Waals surface area contributed by atoms with Gasteiger partial charge in [-0.3, -0.25) is 4.79 Å². The van der Waals surface area contributed by atoms with Crippen LogP contribution in [0, 0.1) is 17.5 Å². The Bertz CT molecular complexity index is 947. The van der Waals surface area contributed by atoms with E-state index in [4.69, 9.17) is 11.6 Å². The third kappa shape index (κ3) is 3.77. The second-order valence-electron chi connectivity index (χ2n) is 4.92. The molecule has 1 heterocycles. The van der Waals surface area contributed by atoms with E-state index in [-0.39, 0.29) is 5.82 Å². The molecule has 3 rings (SSSR count). The Balaban J connectivity index is 1.71. The van der Waals surface area contributed by atoms with Crippen LogP contribution in [0.5, 0.6) is 0 Å². The van der Waals surface area contributed by atoms with Crippen molar-refractivity contribution in [3.05, 3.63) is 58.9 Å². The van der Waals surface area contributed by atoms with Crippen LogP contribution in [-0.2, 0) is 11.3 Å². The molecule has 0 atom stereocenters. The highest BCUT2D eigenvalue weighted by atomic mass is 35.5. The van der Waals surface area contributed by atoms with E-state index in [0.717, 1.165) is 10.9 Å². The zero-order valence-electron chi connectivity index (χ0n) is 12.4. The maximum absolute atomic E-state index is 13.5. The average molecular weight is 368 g/mol. The number of rotatable bonds is 4. The van der Waals surface area contributed by atoms with Crippen molar-refractivity contribution in [2.24, 2.45) is 0 Å². The predicted molar refractivity (Wildman–Crippen MR) is 83.2 cm³/mol. The zero-order valence-corrected chi connectivity index (χ0v) is 13.1. The number of anilines is 1. The summed E-state index contributed by atoms with van der Waals surface area (Å²) >= 11 is 5.88. The number of hydrogen-bond donors (Lipinski definition) is 1. The van der Waals surface area contributed by atoms with E-state index < -0.39 is 35.6 Å². The minimum atomic E-state index is -1.67. The van der Waals surface area contributed by atoms with Gasteiger partial charge in [-0.2, -0.15) is 4.80 Å². The van der Waals surface area contributed by atoms with Crippen LogP contribution >= 0.6 is 11.6 Å². The Morgan fingerprint density at radius 3 is 2.72 bits per heavy atom. The molecule has 0 saturated heterocycles. The molecule has 0 spiro atoms. The lowest BCUT2D eigenvalue weighted by Gasteiger charge is -2.06. The molecule has 1 aromatic heterocycles. The smallest absolute Gasteiger partial charge is 0.248 e. The number of benzene rings is 2. The van der Waals surface area contributed by atoms with Crippen molar-refractivity contribution in [1.82, 2.24) is 20.2 Å². The first-order chi connectivity index (χ1) is 11.9. The van der Waals surface area contributed by atoms with Gasteiger partial charge in [0.05, 0.1) is 5.69 Å². The number of hydrogen-bond acceptors (Lipinski definition) is 4. The third-order valence-corrected chi connectivity index (χ3v) is 3.37. The summed E-state index contributed by atoms with van der Waals surface area (Å²) in [6.07, 6.45) is 0. The van der Waals surface area contributed by atoms with Gasteiger partial charge in [-0.1, -0.05) is 23.7 Å². The van der Waals surface area contributed by atoms with Crippen LogP contribution in [0.25, 0.3) is 11.4 Å². The van der Waals surface area contributed by atoms with E-state index in [1.807, 2.05) is 0 Å². The quantitative estimate of drug-likeness (QED) is 0.719. The van der Waals surface area contributed by atoms with Crippen LogP contribution in [0.1, 0.15) is 0 Å². The molecule has 0 radical (unpaired) electrons. The van der Waals surface area contributed by atoms with Gasteiger partial charge < -0.3 is 5.32 Å². The maximum atomic E-state index is 13.5. The van der Waals surface area contributed by atoms with Crippen molar-refractivity contribution in [3.63, 3.8) is 0 Å². The molecule has 1 N–H and O–H groups in total. The number of tetrazole rings is 1. The molecule has 0 unspecified atom stereocenters. The monoisotopic (exact) mass is 367 g/mol. The molecule has 25 heavy (non-hydrogen) atoms. The highest BCUT2D eigenvalue weighted by Crippen LogP contribution is 2.20. The number of carbonyl (C=O) groups is 1. The van der Waals surface area contributed by atoms with Gasteiger partial charge >= 0.3 is 0 Å². The molecular weight excluding hydrogens is 359 g/mol. The van der Waals surface area contributed by atoms with Crippen molar-refractivity contribution in [2.45, 2.75) is 6.54 Å². The average Bonchev–Trinajstić information content (AvgIpc) is 3.04. The lowest BCUT2D eigenvalue weighted by Crippen LogP contribution is -2.21. The number of amides is 1. The fourth-order valence-electron chi connectivity index (χ4n) is 1.99. The first-order valence-corrected chi connectivity index (χ1v) is 7.29. The van der Waals surface area contributed by atoms with Crippen LogP contribution in [0.15, 0.2) is 36.4 Å². The summed E-state index contributed by atoms with van der Waals surface area (Å²) in [5.74, 6) is -4.99. The van der Waals surface area contributed by atoms with E-state index in [2.05, 4.69) is 20.7 Å². The summed E-state index contributed by atoms with van der Waals surface area (Å²) in [6, 6.07) is 8.34. The van der Waals surface area contributed by atoms with Crippen LogP contribution in [-0.4, -0.2) is 26.1 Å². The van der Waals surface area contributed by atoms with Gasteiger partial charge in [-0.15, -0.1) is 10.2 Å². The van der Waals surface area contributed by atoms with Gasteiger partial charge in [0.2, 0.25) is 11.7 Å². The molecule has 1 amide bonds. The first kappa shape index (κ1) is 16.9. The summed E-state index contributed by atoms with van der Waals surface area (Å²) in [7, 11) is 0. The molecule has 0 aliphatic carbocycles. The number of carbonyl (C=O) groups excluding carboxylic acids is 1. The third-order valence-electron chi connectivity index (χ3n) is 3.13. The summed E-state index contributed by atoms with van der Waals surface area (Å²) in [5.41, 5.74) is 0.116. The van der Waals surface area contributed by atoms with E-state index in [1.165, 1.54) is 0 Å². The van der Waals surface area contributed by atoms with Crippen LogP contribution in [0.3, 0.4) is 0 Å². The normalized spacial score (nSPS) is 10.7. The van der Waals surface area contributed by atoms with Gasteiger partial charge in [-0.05, 0) is 29.5 Å². The van der Waals surface area contributed by atoms with Crippen molar-refractivity contribution in [2.75, 3.05) is 5.32 Å². The SMILES string of the molecule is O=C(Cn1nnc(-c2cccc(Cl)c2)n1)Nc1ccc(F)c(F)c1F. The molecule has 2 aromatic carbocycles. The van der Waals surface area contributed by atoms with E-state index >= 15 is 0 Å². The molecule has 6 nitrogen and oxygen atoms in total. The van der Waals surface area contributed by atoms with E-state index in [9.17, 15) is 18.0 Å². The number of halogens is 4. The number of nitrogens with one attached hydrogen (secondary N) is 1. The minimum Gasteiger partial charge on any atom is -0.322 e. The van der Waals surface area contributed by atoms with E-state index in [0.29, 0.717) is 16.7 Å². The summed E-state index contributed by atoms with van der Waals surface area (Å²) in [4.78, 5) is 12.9. The highest BCUT2D eigenvalue weighted by Gasteiger charge is 2.16. The van der Waals surface area contributed by atoms with Gasteiger partial charge in [0.25, 0.3) is 0 Å². The number of nitrogens with zero attached hydrogens (tertiary/aromatic N) is 4. The van der Waals surface area contributed by atoms with Gasteiger partial charge in [0, 0.05) is 10.6 Å². The fraction of sp³-hybridized carbons (Fsp3) is 0.0667. The molecule has 10 heteroatoms. The zero-order chi connectivity index (χ0) is 18.0. The Kier molecular flexibility index (Phi) is 4.66. The predicted octanol–water partition coefficient (Wildman–Crippen LogP) is 3.05. The second-order valence-corrected chi connectivity index (χ2v) is 5.36. The Hall–Kier alpha value is -2.94. The summed E-state index contributed by atoms with van der Waals surface area (Å²) in [5, 5.41) is 14.1. The number of aromatic nitrogens is 4. The van der Waals surface area contributed by atoms with E-state index in [1.54, 1.807) is 24.3 Å². The lowest BCUT2D eigenvalue weighted by molar-refractivity contribution is -0.117. The van der Waals surface area contributed by atoms with Crippen LogP contribution in [0.2, 0.25) is 5.02 Å². The fourth-order valence-corrected chi connectivity index (χ4v) is 2.18. The standard InChI is InChI=1S/C15H9ClF3N5O/c16-9-3-1-2-8(6-9)15-21-23-24(22-15)7-12(25)20-11-5-4-10(17)13(18)14(11)19/h1-6H,7H2,(H,20,25). The van der Waals surface area contributed by atoms with Crippen LogP contribution in [0.4, 0.5) is 18.9 Å².